The third-order valence-corrected chi connectivity index (χ3v) is 5.30. The van der Waals surface area contributed by atoms with E-state index in [4.69, 9.17) is 0 Å². The number of carbonyl (C=O) groups excluding carboxylic acids is 1. The molecule has 0 bridgehead atoms. The molecule has 2 amide bonds. The molecule has 1 unspecified atom stereocenters. The van der Waals surface area contributed by atoms with E-state index in [1.807, 2.05) is 11.1 Å². The van der Waals surface area contributed by atoms with Crippen LogP contribution in [-0.4, -0.2) is 42.5 Å². The van der Waals surface area contributed by atoms with Crippen molar-refractivity contribution in [2.45, 2.75) is 51.9 Å². The van der Waals surface area contributed by atoms with Gasteiger partial charge in [-0.25, -0.2) is 9.19 Å². The molecule has 2 rings (SSSR count). The van der Waals surface area contributed by atoms with Gasteiger partial charge >= 0.3 is 6.03 Å². The summed E-state index contributed by atoms with van der Waals surface area (Å²) in [5, 5.41) is 3.08. The van der Waals surface area contributed by atoms with Crippen LogP contribution in [0.1, 0.15) is 56.6 Å². The van der Waals surface area contributed by atoms with Gasteiger partial charge in [0.15, 0.2) is 0 Å². The molecule has 0 spiro atoms. The summed E-state index contributed by atoms with van der Waals surface area (Å²) in [6.07, 6.45) is 7.28. The van der Waals surface area contributed by atoms with Gasteiger partial charge in [0, 0.05) is 37.5 Å². The molecule has 25 heavy (non-hydrogen) atoms. The third-order valence-electron chi connectivity index (χ3n) is 4.52. The van der Waals surface area contributed by atoms with Crippen molar-refractivity contribution in [3.8, 4) is 0 Å². The van der Waals surface area contributed by atoms with E-state index < -0.39 is 0 Å². The zero-order valence-corrected chi connectivity index (χ0v) is 16.4. The van der Waals surface area contributed by atoms with Crippen LogP contribution in [-0.2, 0) is 6.42 Å². The van der Waals surface area contributed by atoms with Crippen molar-refractivity contribution in [3.05, 3.63) is 35.4 Å². The Kier molecular flexibility index (Phi) is 8.87. The van der Waals surface area contributed by atoms with Crippen molar-refractivity contribution in [1.29, 1.82) is 0 Å². The molecule has 1 aliphatic rings. The summed E-state index contributed by atoms with van der Waals surface area (Å²) < 4.78 is 4.23. The number of hydrogen-bond donors (Lipinski definition) is 1. The number of amides is 2. The van der Waals surface area contributed by atoms with E-state index >= 15 is 0 Å². The SMILES string of the molecule is CCCCN(CCCC)C(=O)NCCc1ccc(C2C=NSC2)cc1. The molecular formula is C20H31N3OS. The highest BCUT2D eigenvalue weighted by Crippen LogP contribution is 2.25. The van der Waals surface area contributed by atoms with E-state index in [0.717, 1.165) is 50.9 Å². The van der Waals surface area contributed by atoms with Gasteiger partial charge in [-0.05, 0) is 42.3 Å². The second-order valence-electron chi connectivity index (χ2n) is 6.57. The van der Waals surface area contributed by atoms with Gasteiger partial charge in [-0.3, -0.25) is 0 Å². The topological polar surface area (TPSA) is 44.7 Å². The zero-order chi connectivity index (χ0) is 17.9. The first-order valence-corrected chi connectivity index (χ1v) is 10.5. The van der Waals surface area contributed by atoms with Crippen molar-refractivity contribution in [1.82, 2.24) is 10.2 Å². The molecule has 4 nitrogen and oxygen atoms in total. The Balaban J connectivity index is 1.75. The lowest BCUT2D eigenvalue weighted by atomic mass is 10.00. The number of unbranched alkanes of at least 4 members (excludes halogenated alkanes) is 2. The van der Waals surface area contributed by atoms with Gasteiger partial charge in [-0.1, -0.05) is 51.0 Å². The quantitative estimate of drug-likeness (QED) is 0.616. The predicted octanol–water partition coefficient (Wildman–Crippen LogP) is 4.66. The molecule has 5 heteroatoms. The van der Waals surface area contributed by atoms with Gasteiger partial charge in [0.2, 0.25) is 0 Å². The van der Waals surface area contributed by atoms with Gasteiger partial charge in [0.25, 0.3) is 0 Å². The van der Waals surface area contributed by atoms with E-state index in [0.29, 0.717) is 12.5 Å². The first-order chi connectivity index (χ1) is 12.2. The summed E-state index contributed by atoms with van der Waals surface area (Å²) in [4.78, 5) is 14.3. The molecular weight excluding hydrogens is 330 g/mol. The van der Waals surface area contributed by atoms with Crippen LogP contribution >= 0.6 is 11.9 Å². The molecule has 0 saturated heterocycles. The number of rotatable bonds is 10. The van der Waals surface area contributed by atoms with Gasteiger partial charge in [0.1, 0.15) is 0 Å². The average molecular weight is 362 g/mol. The molecule has 1 aromatic carbocycles. The van der Waals surface area contributed by atoms with E-state index in [1.165, 1.54) is 11.1 Å². The molecule has 0 saturated carbocycles. The maximum Gasteiger partial charge on any atom is 0.317 e. The molecule has 0 radical (unpaired) electrons. The Morgan fingerprint density at radius 1 is 1.20 bits per heavy atom. The fraction of sp³-hybridized carbons (Fsp3) is 0.600. The second-order valence-corrected chi connectivity index (χ2v) is 7.38. The van der Waals surface area contributed by atoms with Crippen LogP contribution in [0.3, 0.4) is 0 Å². The third kappa shape index (κ3) is 6.73. The Hall–Kier alpha value is -1.49. The minimum atomic E-state index is 0.0812. The van der Waals surface area contributed by atoms with Crippen LogP contribution in [0, 0.1) is 0 Å². The first-order valence-electron chi connectivity index (χ1n) is 9.51. The molecule has 0 aromatic heterocycles. The lowest BCUT2D eigenvalue weighted by molar-refractivity contribution is 0.196. The van der Waals surface area contributed by atoms with Gasteiger partial charge < -0.3 is 10.2 Å². The highest BCUT2D eigenvalue weighted by atomic mass is 32.2. The minimum absolute atomic E-state index is 0.0812. The molecule has 1 atom stereocenters. The Morgan fingerprint density at radius 2 is 1.88 bits per heavy atom. The van der Waals surface area contributed by atoms with Crippen molar-refractivity contribution in [2.24, 2.45) is 4.40 Å². The molecule has 138 valence electrons. The normalized spacial score (nSPS) is 16.2. The molecule has 1 aromatic rings. The summed E-state index contributed by atoms with van der Waals surface area (Å²) in [5.41, 5.74) is 2.59. The number of nitrogens with zero attached hydrogens (tertiary/aromatic N) is 2. The summed E-state index contributed by atoms with van der Waals surface area (Å²) in [6, 6.07) is 8.80. The first kappa shape index (κ1) is 19.8. The summed E-state index contributed by atoms with van der Waals surface area (Å²) in [6.45, 7) is 6.73. The van der Waals surface area contributed by atoms with E-state index in [1.54, 1.807) is 11.9 Å². The molecule has 1 aliphatic heterocycles. The highest BCUT2D eigenvalue weighted by molar-refractivity contribution is 7.98. The largest absolute Gasteiger partial charge is 0.338 e. The molecule has 0 aliphatic carbocycles. The maximum atomic E-state index is 12.4. The van der Waals surface area contributed by atoms with Gasteiger partial charge in [-0.2, -0.15) is 0 Å². The monoisotopic (exact) mass is 361 g/mol. The van der Waals surface area contributed by atoms with Crippen LogP contribution in [0.15, 0.2) is 28.7 Å². The number of benzene rings is 1. The number of nitrogens with one attached hydrogen (secondary N) is 1. The smallest absolute Gasteiger partial charge is 0.317 e. The van der Waals surface area contributed by atoms with Crippen LogP contribution in [0.25, 0.3) is 0 Å². The van der Waals surface area contributed by atoms with Crippen molar-refractivity contribution in [2.75, 3.05) is 25.4 Å². The maximum absolute atomic E-state index is 12.4. The fourth-order valence-electron chi connectivity index (χ4n) is 2.84. The zero-order valence-electron chi connectivity index (χ0n) is 15.5. The number of hydrogen-bond acceptors (Lipinski definition) is 3. The van der Waals surface area contributed by atoms with Crippen molar-refractivity contribution in [3.63, 3.8) is 0 Å². The predicted molar refractivity (Wildman–Crippen MR) is 109 cm³/mol. The van der Waals surface area contributed by atoms with E-state index in [9.17, 15) is 4.79 Å². The Bertz CT molecular complexity index is 536. The lowest BCUT2D eigenvalue weighted by Gasteiger charge is -2.22. The Morgan fingerprint density at radius 3 is 2.44 bits per heavy atom. The highest BCUT2D eigenvalue weighted by Gasteiger charge is 2.14. The van der Waals surface area contributed by atoms with Gasteiger partial charge in [0.05, 0.1) is 0 Å². The number of urea groups is 1. The second kappa shape index (κ2) is 11.2. The number of carbonyl (C=O) groups is 1. The van der Waals surface area contributed by atoms with E-state index in [2.05, 4.69) is 47.8 Å². The average Bonchev–Trinajstić information content (AvgIpc) is 3.17. The Labute approximate surface area is 156 Å². The minimum Gasteiger partial charge on any atom is -0.338 e. The molecule has 1 heterocycles. The van der Waals surface area contributed by atoms with Crippen LogP contribution < -0.4 is 5.32 Å². The standard InChI is InChI=1S/C20H31N3OS/c1-3-5-13-23(14-6-4-2)20(24)21-12-11-17-7-9-18(10-8-17)19-15-22-25-16-19/h7-10,15,19H,3-6,11-14,16H2,1-2H3,(H,21,24). The van der Waals surface area contributed by atoms with E-state index in [-0.39, 0.29) is 6.03 Å². The molecule has 0 fully saturated rings. The van der Waals surface area contributed by atoms with Crippen molar-refractivity contribution >= 4 is 24.2 Å². The van der Waals surface area contributed by atoms with Gasteiger partial charge in [-0.15, -0.1) is 0 Å². The van der Waals surface area contributed by atoms with Crippen LogP contribution in [0.2, 0.25) is 0 Å². The van der Waals surface area contributed by atoms with Crippen molar-refractivity contribution < 1.29 is 4.79 Å². The fourth-order valence-corrected chi connectivity index (χ4v) is 3.59. The summed E-state index contributed by atoms with van der Waals surface area (Å²) >= 11 is 1.63. The van der Waals surface area contributed by atoms with Crippen LogP contribution in [0.5, 0.6) is 0 Å². The van der Waals surface area contributed by atoms with Crippen LogP contribution in [0.4, 0.5) is 4.79 Å². The molecule has 1 N–H and O–H groups in total. The summed E-state index contributed by atoms with van der Waals surface area (Å²) in [5.74, 6) is 1.49. The summed E-state index contributed by atoms with van der Waals surface area (Å²) in [7, 11) is 0. The lowest BCUT2D eigenvalue weighted by Crippen LogP contribution is -2.41.